The highest BCUT2D eigenvalue weighted by atomic mass is 35.5. The second-order valence-corrected chi connectivity index (χ2v) is 6.72. The maximum absolute atomic E-state index is 12.4. The number of carbonyl (C=O) groups is 1. The van der Waals surface area contributed by atoms with Gasteiger partial charge in [-0.05, 0) is 32.0 Å². The van der Waals surface area contributed by atoms with Crippen molar-refractivity contribution in [3.8, 4) is 5.75 Å². The van der Waals surface area contributed by atoms with Crippen LogP contribution in [0, 0.1) is 0 Å². The Bertz CT molecular complexity index is 645. The topological polar surface area (TPSA) is 41.6 Å². The molecule has 23 heavy (non-hydrogen) atoms. The Hall–Kier alpha value is -1.72. The fourth-order valence-corrected chi connectivity index (χ4v) is 3.28. The molecule has 0 saturated heterocycles. The number of hydrogen-bond donors (Lipinski definition) is 1. The van der Waals surface area contributed by atoms with Gasteiger partial charge in [-0.15, -0.1) is 11.3 Å². The summed E-state index contributed by atoms with van der Waals surface area (Å²) in [4.78, 5) is 15.2. The normalized spacial score (nSPS) is 10.4. The van der Waals surface area contributed by atoms with E-state index in [0.29, 0.717) is 26.2 Å². The van der Waals surface area contributed by atoms with E-state index < -0.39 is 0 Å². The van der Waals surface area contributed by atoms with Gasteiger partial charge in [-0.25, -0.2) is 4.79 Å². The first kappa shape index (κ1) is 17.6. The molecule has 0 aliphatic rings. The average molecular weight is 353 g/mol. The molecule has 6 heteroatoms. The number of hydrogen-bond acceptors (Lipinski definition) is 3. The molecule has 0 fully saturated rings. The fourth-order valence-electron chi connectivity index (χ4n) is 2.18. The van der Waals surface area contributed by atoms with Crippen LogP contribution in [0.5, 0.6) is 5.75 Å². The minimum absolute atomic E-state index is 0.0941. The van der Waals surface area contributed by atoms with E-state index in [1.165, 1.54) is 11.3 Å². The summed E-state index contributed by atoms with van der Waals surface area (Å²) in [5, 5.41) is 2.95. The zero-order valence-corrected chi connectivity index (χ0v) is 14.9. The van der Waals surface area contributed by atoms with Crippen LogP contribution < -0.4 is 10.1 Å². The third-order valence-corrected chi connectivity index (χ3v) is 4.56. The highest BCUT2D eigenvalue weighted by Crippen LogP contribution is 2.23. The summed E-state index contributed by atoms with van der Waals surface area (Å²) in [6, 6.07) is 11.4. The van der Waals surface area contributed by atoms with Gasteiger partial charge in [0.15, 0.2) is 0 Å². The molecule has 0 aliphatic carbocycles. The molecule has 0 saturated carbocycles. The lowest BCUT2D eigenvalue weighted by Gasteiger charge is -2.21. The molecule has 2 aromatic rings. The fraction of sp³-hybridized carbons (Fsp3) is 0.353. The summed E-state index contributed by atoms with van der Waals surface area (Å²) in [6.07, 6.45) is 0. The van der Waals surface area contributed by atoms with Crippen molar-refractivity contribution in [2.75, 3.05) is 13.2 Å². The predicted octanol–water partition coefficient (Wildman–Crippen LogP) is 4.53. The van der Waals surface area contributed by atoms with Gasteiger partial charge < -0.3 is 15.0 Å². The molecular formula is C17H21ClN2O2S. The zero-order valence-electron chi connectivity index (χ0n) is 13.3. The Morgan fingerprint density at radius 2 is 2.04 bits per heavy atom. The second kappa shape index (κ2) is 8.79. The third-order valence-electron chi connectivity index (χ3n) is 3.35. The van der Waals surface area contributed by atoms with Crippen LogP contribution in [0.2, 0.25) is 4.34 Å². The van der Waals surface area contributed by atoms with Crippen LogP contribution in [-0.4, -0.2) is 24.1 Å². The van der Waals surface area contributed by atoms with E-state index in [4.69, 9.17) is 16.3 Å². The maximum Gasteiger partial charge on any atom is 0.317 e. The number of urea groups is 1. The molecule has 0 bridgehead atoms. The van der Waals surface area contributed by atoms with Crippen molar-refractivity contribution in [2.45, 2.75) is 26.9 Å². The van der Waals surface area contributed by atoms with Crippen LogP contribution in [-0.2, 0) is 13.1 Å². The van der Waals surface area contributed by atoms with Gasteiger partial charge in [0, 0.05) is 23.5 Å². The van der Waals surface area contributed by atoms with Crippen LogP contribution in [0.4, 0.5) is 4.79 Å². The molecule has 4 nitrogen and oxygen atoms in total. The highest BCUT2D eigenvalue weighted by molar-refractivity contribution is 7.16. The van der Waals surface area contributed by atoms with Crippen molar-refractivity contribution < 1.29 is 9.53 Å². The van der Waals surface area contributed by atoms with E-state index in [-0.39, 0.29) is 6.03 Å². The molecule has 2 amide bonds. The zero-order chi connectivity index (χ0) is 16.7. The predicted molar refractivity (Wildman–Crippen MR) is 95.3 cm³/mol. The molecule has 0 atom stereocenters. The van der Waals surface area contributed by atoms with Gasteiger partial charge in [0.1, 0.15) is 5.75 Å². The number of rotatable bonds is 7. The van der Waals surface area contributed by atoms with Gasteiger partial charge in [0.2, 0.25) is 0 Å². The van der Waals surface area contributed by atoms with Crippen molar-refractivity contribution in [3.63, 3.8) is 0 Å². The first-order valence-electron chi connectivity index (χ1n) is 7.61. The van der Waals surface area contributed by atoms with Crippen molar-refractivity contribution in [3.05, 3.63) is 51.2 Å². The number of nitrogens with zero attached hydrogens (tertiary/aromatic N) is 1. The largest absolute Gasteiger partial charge is 0.494 e. The number of ether oxygens (including phenoxy) is 1. The number of halogens is 1. The molecule has 1 aromatic heterocycles. The molecule has 124 valence electrons. The monoisotopic (exact) mass is 352 g/mol. The Morgan fingerprint density at radius 3 is 2.70 bits per heavy atom. The average Bonchev–Trinajstić information content (AvgIpc) is 2.97. The van der Waals surface area contributed by atoms with E-state index in [1.807, 2.05) is 50.2 Å². The Labute approximate surface area is 146 Å². The number of thiophene rings is 1. The van der Waals surface area contributed by atoms with Crippen LogP contribution in [0.25, 0.3) is 0 Å². The van der Waals surface area contributed by atoms with Gasteiger partial charge in [0.25, 0.3) is 0 Å². The van der Waals surface area contributed by atoms with Gasteiger partial charge in [-0.1, -0.05) is 29.8 Å². The van der Waals surface area contributed by atoms with Gasteiger partial charge in [-0.3, -0.25) is 0 Å². The van der Waals surface area contributed by atoms with Crippen molar-refractivity contribution in [1.82, 2.24) is 10.2 Å². The van der Waals surface area contributed by atoms with E-state index in [0.717, 1.165) is 20.5 Å². The van der Waals surface area contributed by atoms with Crippen molar-refractivity contribution in [1.29, 1.82) is 0 Å². The number of para-hydroxylation sites is 1. The van der Waals surface area contributed by atoms with E-state index in [9.17, 15) is 4.79 Å². The van der Waals surface area contributed by atoms with E-state index in [2.05, 4.69) is 5.32 Å². The number of nitrogens with one attached hydrogen (secondary N) is 1. The smallest absolute Gasteiger partial charge is 0.317 e. The highest BCUT2D eigenvalue weighted by Gasteiger charge is 2.13. The number of amides is 2. The quantitative estimate of drug-likeness (QED) is 0.795. The summed E-state index contributed by atoms with van der Waals surface area (Å²) >= 11 is 7.44. The Morgan fingerprint density at radius 1 is 1.26 bits per heavy atom. The SMILES string of the molecule is CCOc1ccccc1CNC(=O)N(CC)Cc1ccc(Cl)s1. The van der Waals surface area contributed by atoms with Crippen molar-refractivity contribution >= 4 is 29.0 Å². The lowest BCUT2D eigenvalue weighted by atomic mass is 10.2. The van der Waals surface area contributed by atoms with Crippen LogP contribution in [0.1, 0.15) is 24.3 Å². The summed E-state index contributed by atoms with van der Waals surface area (Å²) in [5.74, 6) is 0.809. The van der Waals surface area contributed by atoms with Crippen LogP contribution in [0.3, 0.4) is 0 Å². The first-order valence-corrected chi connectivity index (χ1v) is 8.81. The molecule has 1 N–H and O–H groups in total. The summed E-state index contributed by atoms with van der Waals surface area (Å²) < 4.78 is 6.31. The third kappa shape index (κ3) is 5.15. The minimum Gasteiger partial charge on any atom is -0.494 e. The van der Waals surface area contributed by atoms with Gasteiger partial charge in [-0.2, -0.15) is 0 Å². The molecule has 0 radical (unpaired) electrons. The first-order chi connectivity index (χ1) is 11.1. The van der Waals surface area contributed by atoms with E-state index in [1.54, 1.807) is 4.90 Å². The maximum atomic E-state index is 12.4. The van der Waals surface area contributed by atoms with Crippen LogP contribution in [0.15, 0.2) is 36.4 Å². The Kier molecular flexibility index (Phi) is 6.74. The van der Waals surface area contributed by atoms with Gasteiger partial charge >= 0.3 is 6.03 Å². The molecular weight excluding hydrogens is 332 g/mol. The molecule has 2 rings (SSSR count). The molecule has 1 aromatic carbocycles. The molecule has 1 heterocycles. The van der Waals surface area contributed by atoms with Crippen molar-refractivity contribution in [2.24, 2.45) is 0 Å². The minimum atomic E-state index is -0.0941. The standard InChI is InChI=1S/C17H21ClN2O2S/c1-3-20(12-14-9-10-16(18)23-14)17(21)19-11-13-7-5-6-8-15(13)22-4-2/h5-10H,3-4,11-12H2,1-2H3,(H,19,21). The second-order valence-electron chi connectivity index (χ2n) is 4.92. The lowest BCUT2D eigenvalue weighted by molar-refractivity contribution is 0.198. The number of benzene rings is 1. The summed E-state index contributed by atoms with van der Waals surface area (Å²) in [5.41, 5.74) is 0.970. The van der Waals surface area contributed by atoms with E-state index >= 15 is 0 Å². The number of carbonyl (C=O) groups excluding carboxylic acids is 1. The molecule has 0 unspecified atom stereocenters. The summed E-state index contributed by atoms with van der Waals surface area (Å²) in [6.45, 7) is 6.15. The lowest BCUT2D eigenvalue weighted by Crippen LogP contribution is -2.38. The molecule has 0 aliphatic heterocycles. The van der Waals surface area contributed by atoms with Gasteiger partial charge in [0.05, 0.1) is 17.5 Å². The summed E-state index contributed by atoms with van der Waals surface area (Å²) in [7, 11) is 0. The van der Waals surface area contributed by atoms with Crippen LogP contribution >= 0.6 is 22.9 Å². The molecule has 0 spiro atoms. The Balaban J connectivity index is 1.94.